The number of amides is 1. The van der Waals surface area contributed by atoms with Crippen molar-refractivity contribution in [3.63, 3.8) is 0 Å². The Labute approximate surface area is 492 Å². The van der Waals surface area contributed by atoms with E-state index in [1.807, 2.05) is 0 Å². The van der Waals surface area contributed by atoms with Gasteiger partial charge in [0.05, 0.1) is 81.6 Å². The van der Waals surface area contributed by atoms with Crippen LogP contribution >= 0.6 is 0 Å². The van der Waals surface area contributed by atoms with Crippen LogP contribution in [0.3, 0.4) is 0 Å². The van der Waals surface area contributed by atoms with E-state index in [2.05, 4.69) is 58.8 Å². The third kappa shape index (κ3) is 19.6. The number of nitrogens with one attached hydrogen (secondary N) is 1. The zero-order valence-electron chi connectivity index (χ0n) is 43.3. The number of carboxylic acid groups (broad SMARTS) is 1. The molecule has 0 unspecified atom stereocenters. The van der Waals surface area contributed by atoms with Crippen molar-refractivity contribution in [2.24, 2.45) is 40.9 Å². The molecule has 11 N–H and O–H groups in total. The average Bonchev–Trinajstić information content (AvgIpc) is 0.923. The number of nitrogen functional groups attached to an aromatic ring is 2. The highest BCUT2D eigenvalue weighted by Crippen LogP contribution is 2.50. The van der Waals surface area contributed by atoms with Crippen molar-refractivity contribution in [1.29, 1.82) is 0 Å². The molecule has 0 fully saturated rings. The predicted molar refractivity (Wildman–Crippen MR) is 294 cm³/mol. The highest BCUT2D eigenvalue weighted by molar-refractivity contribution is 7.92. The number of carbonyl (C=O) groups is 2. The summed E-state index contributed by atoms with van der Waals surface area (Å²) >= 11 is 0. The SMILES string of the molecule is COc1cc(/N=N/c2ccc(S(=O)(=O)CCOS(=O)(=O)O)cc2S(=O)(=O)O)c(NC(C)=O)cc1/N=N/c1c(N)c(/N=N/c2ccc(S(=O)(=O)CCOS(=O)(=O)O)cc2S(=O)(=O)O)c(N)c(/N=N/c2ccc(S(=O)(=O)CCOS(=O)(=O)O)cc2)c1C(=O)O. The number of carbonyl (C=O) groups excluding carboxylic acids is 1. The molecule has 0 saturated carbocycles. The number of methoxy groups -OCH3 is 1. The van der Waals surface area contributed by atoms with Gasteiger partial charge >= 0.3 is 37.2 Å². The minimum Gasteiger partial charge on any atom is -0.494 e. The number of sulfone groups is 3. The quantitative estimate of drug-likeness (QED) is 0.0190. The second-order valence-electron chi connectivity index (χ2n) is 16.5. The van der Waals surface area contributed by atoms with Crippen molar-refractivity contribution in [2.45, 2.75) is 31.4 Å². The Hall–Kier alpha value is -7.88. The monoisotopic (exact) mass is 1380 g/mol. The number of ether oxygens (including phenoxy) is 1. The van der Waals surface area contributed by atoms with Crippen molar-refractivity contribution < 1.29 is 122 Å². The Morgan fingerprint density at radius 2 is 0.839 bits per heavy atom. The summed E-state index contributed by atoms with van der Waals surface area (Å²) in [7, 11) is -38.6. The molecule has 39 nitrogen and oxygen atoms in total. The fourth-order valence-electron chi connectivity index (χ4n) is 6.64. The topological polar surface area (TPSA) is 629 Å². The van der Waals surface area contributed by atoms with E-state index in [0.29, 0.717) is 24.3 Å². The van der Waals surface area contributed by atoms with Gasteiger partial charge in [0.1, 0.15) is 60.9 Å². The van der Waals surface area contributed by atoms with Gasteiger partial charge in [-0.2, -0.15) is 47.2 Å². The molecular weight excluding hydrogens is 1340 g/mol. The van der Waals surface area contributed by atoms with Crippen LogP contribution in [-0.4, -0.2) is 151 Å². The van der Waals surface area contributed by atoms with Gasteiger partial charge in [-0.05, 0) is 66.7 Å². The number of hydrogen-bond donors (Lipinski definition) is 9. The number of azo groups is 4. The Bertz CT molecular complexity index is 4660. The van der Waals surface area contributed by atoms with Crippen LogP contribution in [0.5, 0.6) is 5.75 Å². The van der Waals surface area contributed by atoms with Gasteiger partial charge in [-0.3, -0.25) is 27.6 Å². The molecule has 87 heavy (non-hydrogen) atoms. The lowest BCUT2D eigenvalue weighted by atomic mass is 10.1. The van der Waals surface area contributed by atoms with Gasteiger partial charge in [0.15, 0.2) is 29.5 Å². The smallest absolute Gasteiger partial charge is 0.397 e. The number of nitrogens with two attached hydrogens (primary N) is 2. The van der Waals surface area contributed by atoms with Crippen LogP contribution in [0, 0.1) is 0 Å². The molecule has 0 atom stereocenters. The first-order valence-corrected chi connectivity index (χ1v) is 34.4. The molecule has 0 spiro atoms. The lowest BCUT2D eigenvalue weighted by Crippen LogP contribution is -2.16. The number of aromatic carboxylic acids is 1. The standard InChI is InChI=1S/C40H41N11O28S8/c1-21(52)43-28-19-30(31(76-2)20-29(28)47-45-26-9-7-24(17-32(26)83(61,62)63)81(57,58)15-12-78-86(70,71)72)48-50-38-34(40(53)54)37(49-44-22-3-5-23(6-4-22)80(55,56)14-11-77-85(67,68)69)35(41)39(36(38)42)51-46-27-10-8-25(18-33(27)84(64,65)66)82(59,60)16-13-79-87(73,74)75/h3-10,17-20H,11-16,41-42H2,1-2H3,(H,43,52)(H,53,54)(H,61,62,63)(H,64,65,66)(H,67,68,69)(H,70,71,72)(H,73,74,75)/b47-45+,49-44+,50-48+,51-46+. The van der Waals surface area contributed by atoms with Crippen molar-refractivity contribution in [3.05, 3.63) is 78.4 Å². The summed E-state index contributed by atoms with van der Waals surface area (Å²) < 4.78 is 257. The molecule has 472 valence electrons. The van der Waals surface area contributed by atoms with E-state index in [1.54, 1.807) is 0 Å². The second-order valence-corrected chi connectivity index (χ2v) is 28.9. The summed E-state index contributed by atoms with van der Waals surface area (Å²) in [6.07, 6.45) is 0. The van der Waals surface area contributed by atoms with E-state index in [1.165, 1.54) is 0 Å². The third-order valence-corrected chi connectivity index (χ3v) is 18.7. The number of hydrogen-bond acceptors (Lipinski definition) is 32. The summed E-state index contributed by atoms with van der Waals surface area (Å²) in [6.45, 7) is -2.28. The van der Waals surface area contributed by atoms with Crippen LogP contribution in [0.2, 0.25) is 0 Å². The number of nitrogens with zero attached hydrogens (tertiary/aromatic N) is 8. The van der Waals surface area contributed by atoms with Crippen LogP contribution in [0.25, 0.3) is 0 Å². The van der Waals surface area contributed by atoms with Gasteiger partial charge in [0.25, 0.3) is 20.2 Å². The molecule has 5 aromatic rings. The zero-order chi connectivity index (χ0) is 65.5. The van der Waals surface area contributed by atoms with Crippen molar-refractivity contribution in [1.82, 2.24) is 0 Å². The van der Waals surface area contributed by atoms with Gasteiger partial charge in [-0.15, -0.1) is 35.8 Å². The summed E-state index contributed by atoms with van der Waals surface area (Å²) in [6, 6.07) is 9.48. The summed E-state index contributed by atoms with van der Waals surface area (Å²) in [5.74, 6) is -6.42. The third-order valence-electron chi connectivity index (χ3n) is 10.4. The first-order valence-electron chi connectivity index (χ1n) is 22.4. The fourth-order valence-corrected chi connectivity index (χ4v) is 12.6. The predicted octanol–water partition coefficient (Wildman–Crippen LogP) is 4.45. The number of benzene rings is 5. The maximum absolute atomic E-state index is 13.2. The Balaban J connectivity index is 1.71. The maximum Gasteiger partial charge on any atom is 0.397 e. The maximum atomic E-state index is 13.2. The van der Waals surface area contributed by atoms with Crippen molar-refractivity contribution >= 4 is 155 Å². The van der Waals surface area contributed by atoms with Gasteiger partial charge in [-0.1, -0.05) is 0 Å². The largest absolute Gasteiger partial charge is 0.494 e. The van der Waals surface area contributed by atoms with Crippen LogP contribution in [-0.2, 0) is 98.3 Å². The van der Waals surface area contributed by atoms with E-state index in [4.69, 9.17) is 29.9 Å². The van der Waals surface area contributed by atoms with Crippen LogP contribution < -0.4 is 21.5 Å². The van der Waals surface area contributed by atoms with E-state index >= 15 is 0 Å². The molecule has 0 bridgehead atoms. The second kappa shape index (κ2) is 27.0. The molecule has 0 heterocycles. The average molecular weight is 1380 g/mol. The molecule has 47 heteroatoms. The molecule has 0 aliphatic carbocycles. The molecular formula is C40H41N11O28S8. The highest BCUT2D eigenvalue weighted by Gasteiger charge is 2.29. The molecule has 1 amide bonds. The zero-order valence-corrected chi connectivity index (χ0v) is 49.9. The Morgan fingerprint density at radius 3 is 1.23 bits per heavy atom. The van der Waals surface area contributed by atoms with Crippen molar-refractivity contribution in [3.8, 4) is 5.75 Å². The van der Waals surface area contributed by atoms with E-state index in [0.717, 1.165) is 62.6 Å². The molecule has 0 aliphatic rings. The van der Waals surface area contributed by atoms with Gasteiger partial charge < -0.3 is 26.6 Å². The molecule has 0 aromatic heterocycles. The lowest BCUT2D eigenvalue weighted by molar-refractivity contribution is -0.114. The first-order chi connectivity index (χ1) is 39.9. The first kappa shape index (κ1) is 69.9. The van der Waals surface area contributed by atoms with E-state index < -0.39 is 211 Å². The van der Waals surface area contributed by atoms with E-state index in [-0.39, 0.29) is 17.1 Å². The molecule has 0 saturated heterocycles. The highest BCUT2D eigenvalue weighted by atomic mass is 32.3. The minimum atomic E-state index is -5.48. The van der Waals surface area contributed by atoms with E-state index in [9.17, 15) is 91.1 Å². The molecule has 0 aliphatic heterocycles. The van der Waals surface area contributed by atoms with Crippen LogP contribution in [0.1, 0.15) is 17.3 Å². The fraction of sp³-hybridized carbons (Fsp3) is 0.200. The van der Waals surface area contributed by atoms with Gasteiger partial charge in [0, 0.05) is 13.0 Å². The summed E-state index contributed by atoms with van der Waals surface area (Å²) in [5, 5.41) is 43.9. The normalized spacial score (nSPS) is 13.3. The Kier molecular flexibility index (Phi) is 21.7. The van der Waals surface area contributed by atoms with Gasteiger partial charge in [-0.25, -0.2) is 42.6 Å². The Morgan fingerprint density at radius 1 is 0.471 bits per heavy atom. The molecule has 5 rings (SSSR count). The summed E-state index contributed by atoms with van der Waals surface area (Å²) in [4.78, 5) is 21.1. The molecule has 5 aromatic carbocycles. The van der Waals surface area contributed by atoms with Gasteiger partial charge in [0.2, 0.25) is 5.91 Å². The van der Waals surface area contributed by atoms with Crippen LogP contribution in [0.4, 0.5) is 62.6 Å². The van der Waals surface area contributed by atoms with Crippen LogP contribution in [0.15, 0.2) is 138 Å². The number of rotatable bonds is 28. The molecule has 0 radical (unpaired) electrons. The minimum absolute atomic E-state index is 0.256. The van der Waals surface area contributed by atoms with Crippen molar-refractivity contribution in [2.75, 3.05) is 61.0 Å². The number of carboxylic acids is 1. The number of anilines is 3. The summed E-state index contributed by atoms with van der Waals surface area (Å²) in [5.41, 5.74) is 4.16. The lowest BCUT2D eigenvalue weighted by Gasteiger charge is -2.14.